The van der Waals surface area contributed by atoms with Gasteiger partial charge in [0.05, 0.1) is 11.5 Å². The van der Waals surface area contributed by atoms with Gasteiger partial charge >= 0.3 is 0 Å². The molecule has 8 heteroatoms. The van der Waals surface area contributed by atoms with Crippen LogP contribution in [0, 0.1) is 15.9 Å². The highest BCUT2D eigenvalue weighted by molar-refractivity contribution is 5.94. The SMILES string of the molecule is O=C(NCc1cc([N+](=O)[O-])cc2c1OCOC2)c1ccc(F)cc1. The van der Waals surface area contributed by atoms with Crippen LogP contribution in [0.2, 0.25) is 0 Å². The topological polar surface area (TPSA) is 90.7 Å². The molecule has 0 saturated heterocycles. The molecule has 0 atom stereocenters. The third-order valence-electron chi connectivity index (χ3n) is 3.53. The molecule has 1 aliphatic rings. The standard InChI is InChI=1S/C16H13FN2O5/c17-13-3-1-10(2-4-13)16(20)18-7-11-5-14(19(21)22)6-12-8-23-9-24-15(11)12/h1-6H,7-9H2,(H,18,20). The summed E-state index contributed by atoms with van der Waals surface area (Å²) in [6.07, 6.45) is 0. The van der Waals surface area contributed by atoms with Crippen molar-refractivity contribution in [3.05, 3.63) is 69.0 Å². The first-order valence-electron chi connectivity index (χ1n) is 7.09. The summed E-state index contributed by atoms with van der Waals surface area (Å²) in [5.41, 5.74) is 1.23. The molecule has 24 heavy (non-hydrogen) atoms. The Morgan fingerprint density at radius 3 is 2.75 bits per heavy atom. The first-order chi connectivity index (χ1) is 11.5. The number of carbonyl (C=O) groups is 1. The molecule has 0 spiro atoms. The Labute approximate surface area is 136 Å². The van der Waals surface area contributed by atoms with Crippen LogP contribution in [0.15, 0.2) is 36.4 Å². The molecule has 124 valence electrons. The van der Waals surface area contributed by atoms with E-state index in [0.29, 0.717) is 22.4 Å². The summed E-state index contributed by atoms with van der Waals surface area (Å²) in [6, 6.07) is 7.83. The van der Waals surface area contributed by atoms with E-state index < -0.39 is 16.6 Å². The van der Waals surface area contributed by atoms with E-state index in [1.165, 1.54) is 36.4 Å². The van der Waals surface area contributed by atoms with Crippen LogP contribution in [-0.2, 0) is 17.9 Å². The van der Waals surface area contributed by atoms with Crippen LogP contribution in [0.1, 0.15) is 21.5 Å². The Balaban J connectivity index is 1.81. The van der Waals surface area contributed by atoms with Crippen molar-refractivity contribution < 1.29 is 23.6 Å². The maximum atomic E-state index is 12.9. The molecule has 3 rings (SSSR count). The highest BCUT2D eigenvalue weighted by atomic mass is 19.1. The van der Waals surface area contributed by atoms with Gasteiger partial charge < -0.3 is 14.8 Å². The highest BCUT2D eigenvalue weighted by Gasteiger charge is 2.21. The van der Waals surface area contributed by atoms with E-state index in [2.05, 4.69) is 5.32 Å². The van der Waals surface area contributed by atoms with Crippen LogP contribution in [0.5, 0.6) is 5.75 Å². The van der Waals surface area contributed by atoms with Crippen LogP contribution in [-0.4, -0.2) is 17.6 Å². The molecule has 7 nitrogen and oxygen atoms in total. The molecule has 0 aliphatic carbocycles. The average molecular weight is 332 g/mol. The minimum atomic E-state index is -0.514. The third-order valence-corrected chi connectivity index (χ3v) is 3.53. The number of amides is 1. The van der Waals surface area contributed by atoms with E-state index in [9.17, 15) is 19.3 Å². The van der Waals surface area contributed by atoms with Gasteiger partial charge in [0, 0.05) is 35.4 Å². The number of fused-ring (bicyclic) bond motifs is 1. The first-order valence-corrected chi connectivity index (χ1v) is 7.09. The number of carbonyl (C=O) groups excluding carboxylic acids is 1. The fourth-order valence-corrected chi connectivity index (χ4v) is 2.40. The zero-order valence-electron chi connectivity index (χ0n) is 12.5. The smallest absolute Gasteiger partial charge is 0.270 e. The predicted molar refractivity (Wildman–Crippen MR) is 81.0 cm³/mol. The summed E-state index contributed by atoms with van der Waals surface area (Å²) < 4.78 is 23.4. The van der Waals surface area contributed by atoms with Crippen molar-refractivity contribution in [2.75, 3.05) is 6.79 Å². The molecule has 2 aromatic carbocycles. The number of halogens is 1. The Hall–Kier alpha value is -3.00. The zero-order valence-corrected chi connectivity index (χ0v) is 12.5. The summed E-state index contributed by atoms with van der Waals surface area (Å²) in [6.45, 7) is 0.292. The monoisotopic (exact) mass is 332 g/mol. The van der Waals surface area contributed by atoms with E-state index in [0.717, 1.165) is 0 Å². The molecule has 2 aromatic rings. The highest BCUT2D eigenvalue weighted by Crippen LogP contribution is 2.32. The second-order valence-electron chi connectivity index (χ2n) is 5.15. The molecular weight excluding hydrogens is 319 g/mol. The second kappa shape index (κ2) is 6.63. The van der Waals surface area contributed by atoms with Gasteiger partial charge in [-0.15, -0.1) is 0 Å². The number of hydrogen-bond acceptors (Lipinski definition) is 5. The Kier molecular flexibility index (Phi) is 4.39. The lowest BCUT2D eigenvalue weighted by Crippen LogP contribution is -2.24. The van der Waals surface area contributed by atoms with Gasteiger partial charge in [-0.3, -0.25) is 14.9 Å². The number of benzene rings is 2. The van der Waals surface area contributed by atoms with Crippen molar-refractivity contribution in [2.24, 2.45) is 0 Å². The van der Waals surface area contributed by atoms with Gasteiger partial charge in [-0.25, -0.2) is 4.39 Å². The van der Waals surface area contributed by atoms with Gasteiger partial charge in [0.15, 0.2) is 6.79 Å². The van der Waals surface area contributed by atoms with E-state index in [4.69, 9.17) is 9.47 Å². The average Bonchev–Trinajstić information content (AvgIpc) is 2.59. The molecule has 0 unspecified atom stereocenters. The lowest BCUT2D eigenvalue weighted by atomic mass is 10.1. The minimum Gasteiger partial charge on any atom is -0.467 e. The Bertz CT molecular complexity index is 792. The van der Waals surface area contributed by atoms with Crippen LogP contribution >= 0.6 is 0 Å². The fourth-order valence-electron chi connectivity index (χ4n) is 2.40. The number of rotatable bonds is 4. The van der Waals surface area contributed by atoms with Crippen molar-refractivity contribution in [3.63, 3.8) is 0 Å². The summed E-state index contributed by atoms with van der Waals surface area (Å²) >= 11 is 0. The van der Waals surface area contributed by atoms with Crippen LogP contribution in [0.25, 0.3) is 0 Å². The molecule has 0 aromatic heterocycles. The molecule has 1 amide bonds. The first kappa shape index (κ1) is 15.9. The number of nitrogens with one attached hydrogen (secondary N) is 1. The fraction of sp³-hybridized carbons (Fsp3) is 0.188. The van der Waals surface area contributed by atoms with Gasteiger partial charge in [-0.05, 0) is 24.3 Å². The molecule has 1 N–H and O–H groups in total. The lowest BCUT2D eigenvalue weighted by molar-refractivity contribution is -0.385. The summed E-state index contributed by atoms with van der Waals surface area (Å²) in [4.78, 5) is 22.6. The molecule has 1 aliphatic heterocycles. The summed E-state index contributed by atoms with van der Waals surface area (Å²) in [7, 11) is 0. The van der Waals surface area contributed by atoms with Crippen LogP contribution in [0.4, 0.5) is 10.1 Å². The van der Waals surface area contributed by atoms with Gasteiger partial charge in [0.2, 0.25) is 0 Å². The Morgan fingerprint density at radius 1 is 1.29 bits per heavy atom. The van der Waals surface area contributed by atoms with Crippen molar-refractivity contribution in [1.82, 2.24) is 5.32 Å². The quantitative estimate of drug-likeness (QED) is 0.686. The van der Waals surface area contributed by atoms with Crippen LogP contribution in [0.3, 0.4) is 0 Å². The largest absolute Gasteiger partial charge is 0.467 e. The van der Waals surface area contributed by atoms with Gasteiger partial charge in [0.25, 0.3) is 11.6 Å². The molecule has 0 radical (unpaired) electrons. The number of ether oxygens (including phenoxy) is 2. The second-order valence-corrected chi connectivity index (χ2v) is 5.15. The van der Waals surface area contributed by atoms with E-state index >= 15 is 0 Å². The zero-order chi connectivity index (χ0) is 17.1. The number of non-ortho nitro benzene ring substituents is 1. The maximum absolute atomic E-state index is 12.9. The molecule has 0 bridgehead atoms. The van der Waals surface area contributed by atoms with Crippen LogP contribution < -0.4 is 10.1 Å². The molecule has 0 saturated carbocycles. The van der Waals surface area contributed by atoms with Gasteiger partial charge in [0.1, 0.15) is 11.6 Å². The Morgan fingerprint density at radius 2 is 2.04 bits per heavy atom. The number of nitro groups is 1. The normalized spacial score (nSPS) is 12.9. The van der Waals surface area contributed by atoms with Crippen molar-refractivity contribution in [2.45, 2.75) is 13.2 Å². The van der Waals surface area contributed by atoms with E-state index in [-0.39, 0.29) is 25.6 Å². The summed E-state index contributed by atoms with van der Waals surface area (Å²) in [5, 5.41) is 13.7. The summed E-state index contributed by atoms with van der Waals surface area (Å²) in [5.74, 6) is -0.374. The predicted octanol–water partition coefficient (Wildman–Crippen LogP) is 2.53. The van der Waals surface area contributed by atoms with Gasteiger partial charge in [-0.2, -0.15) is 0 Å². The van der Waals surface area contributed by atoms with E-state index in [1.807, 2.05) is 0 Å². The third kappa shape index (κ3) is 3.33. The number of nitro benzene ring substituents is 1. The maximum Gasteiger partial charge on any atom is 0.270 e. The minimum absolute atomic E-state index is 0.0419. The molecule has 1 heterocycles. The molecule has 0 fully saturated rings. The number of nitrogens with zero attached hydrogens (tertiary/aromatic N) is 1. The lowest BCUT2D eigenvalue weighted by Gasteiger charge is -2.20. The van der Waals surface area contributed by atoms with Crippen molar-refractivity contribution in [1.29, 1.82) is 0 Å². The van der Waals surface area contributed by atoms with Crippen molar-refractivity contribution in [3.8, 4) is 5.75 Å². The number of hydrogen-bond donors (Lipinski definition) is 1. The van der Waals surface area contributed by atoms with Crippen molar-refractivity contribution >= 4 is 11.6 Å². The van der Waals surface area contributed by atoms with E-state index in [1.54, 1.807) is 0 Å². The molecular formula is C16H13FN2O5. The van der Waals surface area contributed by atoms with Gasteiger partial charge in [-0.1, -0.05) is 0 Å².